The van der Waals surface area contributed by atoms with Crippen molar-refractivity contribution in [2.24, 2.45) is 0 Å². The van der Waals surface area contributed by atoms with E-state index < -0.39 is 0 Å². The quantitative estimate of drug-likeness (QED) is 0.841. The van der Waals surface area contributed by atoms with E-state index >= 15 is 0 Å². The molecule has 1 aliphatic heterocycles. The zero-order chi connectivity index (χ0) is 13.1. The van der Waals surface area contributed by atoms with Crippen LogP contribution in [0.4, 0.5) is 4.79 Å². The number of hydrogen-bond donors (Lipinski definition) is 2. The molecule has 18 heavy (non-hydrogen) atoms. The van der Waals surface area contributed by atoms with Crippen molar-refractivity contribution in [1.29, 1.82) is 0 Å². The Morgan fingerprint density at radius 3 is 2.11 bits per heavy atom. The van der Waals surface area contributed by atoms with Crippen LogP contribution in [0.5, 0.6) is 17.2 Å². The number of amides is 2. The highest BCUT2D eigenvalue weighted by Gasteiger charge is 2.24. The maximum absolute atomic E-state index is 11.1. The van der Waals surface area contributed by atoms with E-state index in [9.17, 15) is 4.79 Å². The largest absolute Gasteiger partial charge is 0.493 e. The maximum atomic E-state index is 11.1. The lowest BCUT2D eigenvalue weighted by molar-refractivity contribution is 0.247. The van der Waals surface area contributed by atoms with Crippen LogP contribution in [-0.4, -0.2) is 33.9 Å². The lowest BCUT2D eigenvalue weighted by Gasteiger charge is -2.16. The average molecular weight is 252 g/mol. The number of rotatable bonds is 4. The van der Waals surface area contributed by atoms with Crippen molar-refractivity contribution < 1.29 is 19.0 Å². The van der Waals surface area contributed by atoms with Crippen molar-refractivity contribution >= 4 is 6.03 Å². The molecule has 1 atom stereocenters. The molecule has 1 heterocycles. The molecule has 6 heteroatoms. The molecule has 0 spiro atoms. The second-order valence-electron chi connectivity index (χ2n) is 3.87. The van der Waals surface area contributed by atoms with Crippen LogP contribution in [0.25, 0.3) is 0 Å². The number of carbonyl (C=O) groups excluding carboxylic acids is 1. The minimum Gasteiger partial charge on any atom is -0.493 e. The number of carbonyl (C=O) groups is 1. The van der Waals surface area contributed by atoms with Crippen molar-refractivity contribution in [3.63, 3.8) is 0 Å². The van der Waals surface area contributed by atoms with Gasteiger partial charge in [0, 0.05) is 6.54 Å². The topological polar surface area (TPSA) is 68.8 Å². The van der Waals surface area contributed by atoms with Gasteiger partial charge in [-0.15, -0.1) is 0 Å². The van der Waals surface area contributed by atoms with Gasteiger partial charge in [-0.1, -0.05) is 0 Å². The fourth-order valence-electron chi connectivity index (χ4n) is 1.96. The Balaban J connectivity index is 2.40. The van der Waals surface area contributed by atoms with Gasteiger partial charge in [0.25, 0.3) is 0 Å². The highest BCUT2D eigenvalue weighted by atomic mass is 16.5. The highest BCUT2D eigenvalue weighted by Crippen LogP contribution is 2.39. The third-order valence-corrected chi connectivity index (χ3v) is 2.86. The van der Waals surface area contributed by atoms with Crippen LogP contribution in [0.2, 0.25) is 0 Å². The Morgan fingerprint density at radius 2 is 1.72 bits per heavy atom. The third kappa shape index (κ3) is 2.13. The fourth-order valence-corrected chi connectivity index (χ4v) is 1.96. The van der Waals surface area contributed by atoms with Crippen molar-refractivity contribution in [2.75, 3.05) is 27.9 Å². The second-order valence-corrected chi connectivity index (χ2v) is 3.87. The molecule has 1 aromatic carbocycles. The summed E-state index contributed by atoms with van der Waals surface area (Å²) in [5.74, 6) is 1.70. The molecule has 0 bridgehead atoms. The smallest absolute Gasteiger partial charge is 0.315 e. The lowest BCUT2D eigenvalue weighted by atomic mass is 10.1. The predicted molar refractivity (Wildman–Crippen MR) is 65.4 cm³/mol. The zero-order valence-corrected chi connectivity index (χ0v) is 10.6. The molecule has 1 saturated heterocycles. The maximum Gasteiger partial charge on any atom is 0.315 e. The van der Waals surface area contributed by atoms with Gasteiger partial charge in [0.1, 0.15) is 0 Å². The molecule has 0 aromatic heterocycles. The van der Waals surface area contributed by atoms with Crippen molar-refractivity contribution in [3.05, 3.63) is 17.7 Å². The van der Waals surface area contributed by atoms with Gasteiger partial charge in [-0.25, -0.2) is 4.79 Å². The van der Waals surface area contributed by atoms with Crippen LogP contribution in [0.3, 0.4) is 0 Å². The van der Waals surface area contributed by atoms with Gasteiger partial charge in [0.2, 0.25) is 5.75 Å². The van der Waals surface area contributed by atoms with Crippen molar-refractivity contribution in [3.8, 4) is 17.2 Å². The number of benzene rings is 1. The summed E-state index contributed by atoms with van der Waals surface area (Å²) in [5, 5.41) is 5.52. The van der Waals surface area contributed by atoms with Crippen LogP contribution in [0, 0.1) is 0 Å². The number of urea groups is 1. The molecule has 2 rings (SSSR count). The summed E-state index contributed by atoms with van der Waals surface area (Å²) in [6.45, 7) is 0.539. The lowest BCUT2D eigenvalue weighted by Crippen LogP contribution is -2.21. The van der Waals surface area contributed by atoms with Gasteiger partial charge in [0.15, 0.2) is 11.5 Å². The molecule has 0 aliphatic carbocycles. The number of nitrogens with one attached hydrogen (secondary N) is 2. The van der Waals surface area contributed by atoms with E-state index in [1.54, 1.807) is 21.3 Å². The summed E-state index contributed by atoms with van der Waals surface area (Å²) < 4.78 is 15.8. The van der Waals surface area contributed by atoms with E-state index in [0.29, 0.717) is 23.8 Å². The normalized spacial score (nSPS) is 17.9. The van der Waals surface area contributed by atoms with E-state index in [4.69, 9.17) is 14.2 Å². The highest BCUT2D eigenvalue weighted by molar-refractivity contribution is 5.77. The van der Waals surface area contributed by atoms with Crippen LogP contribution < -0.4 is 24.8 Å². The Morgan fingerprint density at radius 1 is 1.11 bits per heavy atom. The van der Waals surface area contributed by atoms with E-state index in [-0.39, 0.29) is 12.1 Å². The first-order valence-corrected chi connectivity index (χ1v) is 5.54. The van der Waals surface area contributed by atoms with E-state index in [1.165, 1.54) is 0 Å². The zero-order valence-electron chi connectivity index (χ0n) is 10.6. The first kappa shape index (κ1) is 12.3. The summed E-state index contributed by atoms with van der Waals surface area (Å²) in [5.41, 5.74) is 0.905. The SMILES string of the molecule is COc1cc([C@@H]2CNC(=O)N2)cc(OC)c1OC. The minimum atomic E-state index is -0.172. The number of ether oxygens (including phenoxy) is 3. The molecule has 98 valence electrons. The minimum absolute atomic E-state index is 0.0915. The summed E-state index contributed by atoms with van der Waals surface area (Å²) in [7, 11) is 4.68. The molecular formula is C12H16N2O4. The third-order valence-electron chi connectivity index (χ3n) is 2.86. The van der Waals surface area contributed by atoms with Gasteiger partial charge in [0.05, 0.1) is 27.4 Å². The molecule has 2 N–H and O–H groups in total. The molecule has 0 radical (unpaired) electrons. The van der Waals surface area contributed by atoms with Crippen LogP contribution in [0.15, 0.2) is 12.1 Å². The second kappa shape index (κ2) is 5.03. The number of hydrogen-bond acceptors (Lipinski definition) is 4. The van der Waals surface area contributed by atoms with Crippen LogP contribution >= 0.6 is 0 Å². The van der Waals surface area contributed by atoms with Gasteiger partial charge in [-0.05, 0) is 17.7 Å². The summed E-state index contributed by atoms with van der Waals surface area (Å²) in [6.07, 6.45) is 0. The number of methoxy groups -OCH3 is 3. The van der Waals surface area contributed by atoms with E-state index in [1.807, 2.05) is 12.1 Å². The molecule has 1 fully saturated rings. The first-order chi connectivity index (χ1) is 8.69. The van der Waals surface area contributed by atoms with Crippen molar-refractivity contribution in [2.45, 2.75) is 6.04 Å². The van der Waals surface area contributed by atoms with Crippen molar-refractivity contribution in [1.82, 2.24) is 10.6 Å². The summed E-state index contributed by atoms with van der Waals surface area (Å²) in [4.78, 5) is 11.1. The summed E-state index contributed by atoms with van der Waals surface area (Å²) >= 11 is 0. The van der Waals surface area contributed by atoms with Gasteiger partial charge < -0.3 is 24.8 Å². The standard InChI is InChI=1S/C12H16N2O4/c1-16-9-4-7(8-6-13-12(15)14-8)5-10(17-2)11(9)18-3/h4-5,8H,6H2,1-3H3,(H2,13,14,15)/t8-/m0/s1. The van der Waals surface area contributed by atoms with Crippen LogP contribution in [0.1, 0.15) is 11.6 Å². The molecular weight excluding hydrogens is 236 g/mol. The Hall–Kier alpha value is -2.11. The average Bonchev–Trinajstić information content (AvgIpc) is 2.83. The monoisotopic (exact) mass is 252 g/mol. The Bertz CT molecular complexity index is 436. The molecule has 1 aliphatic rings. The summed E-state index contributed by atoms with van der Waals surface area (Å²) in [6, 6.07) is 3.40. The molecule has 0 saturated carbocycles. The van der Waals surface area contributed by atoms with E-state index in [0.717, 1.165) is 5.56 Å². The fraction of sp³-hybridized carbons (Fsp3) is 0.417. The first-order valence-electron chi connectivity index (χ1n) is 5.54. The predicted octanol–water partition coefficient (Wildman–Crippen LogP) is 1.07. The van der Waals surface area contributed by atoms with Crippen LogP contribution in [-0.2, 0) is 0 Å². The molecule has 6 nitrogen and oxygen atoms in total. The van der Waals surface area contributed by atoms with Gasteiger partial charge >= 0.3 is 6.03 Å². The molecule has 2 amide bonds. The van der Waals surface area contributed by atoms with Gasteiger partial charge in [-0.2, -0.15) is 0 Å². The van der Waals surface area contributed by atoms with Gasteiger partial charge in [-0.3, -0.25) is 0 Å². The molecule has 1 aromatic rings. The molecule has 0 unspecified atom stereocenters. The Kier molecular flexibility index (Phi) is 3.45. The van der Waals surface area contributed by atoms with E-state index in [2.05, 4.69) is 10.6 Å². The Labute approximate surface area is 105 Å².